The van der Waals surface area contributed by atoms with Crippen molar-refractivity contribution >= 4 is 10.0 Å². The number of nitrogens with one attached hydrogen (secondary N) is 1. The Morgan fingerprint density at radius 1 is 1.15 bits per heavy atom. The van der Waals surface area contributed by atoms with E-state index in [0.29, 0.717) is 6.54 Å². The minimum atomic E-state index is -3.28. The molecule has 0 saturated heterocycles. The molecule has 80 valence electrons. The van der Waals surface area contributed by atoms with Crippen LogP contribution in [0.4, 0.5) is 0 Å². The van der Waals surface area contributed by atoms with E-state index in [4.69, 9.17) is 5.14 Å². The van der Waals surface area contributed by atoms with Crippen LogP contribution in [-0.4, -0.2) is 27.3 Å². The summed E-state index contributed by atoms with van der Waals surface area (Å²) in [6.07, 6.45) is 4.78. The average Bonchev–Trinajstić information content (AvgIpc) is 2.01. The van der Waals surface area contributed by atoms with Gasteiger partial charge in [-0.25, -0.2) is 13.6 Å². The van der Waals surface area contributed by atoms with Crippen LogP contribution in [0.25, 0.3) is 0 Å². The molecule has 0 aliphatic carbocycles. The number of unbranched alkanes of at least 4 members (excludes halogenated alkanes) is 3. The summed E-state index contributed by atoms with van der Waals surface area (Å²) in [5.74, 6) is 0.0285. The standard InChI is InChI=1S/C8H20N2O2S/c1-2-3-4-5-6-10-7-8-13(9,11)12/h10H,2-8H2,1H3,(H2,9,11,12). The van der Waals surface area contributed by atoms with Crippen molar-refractivity contribution in [3.05, 3.63) is 0 Å². The molecule has 0 saturated carbocycles. The van der Waals surface area contributed by atoms with Gasteiger partial charge in [0.25, 0.3) is 0 Å². The fourth-order valence-electron chi connectivity index (χ4n) is 1.02. The highest BCUT2D eigenvalue weighted by Gasteiger charge is 1.99. The van der Waals surface area contributed by atoms with Crippen molar-refractivity contribution in [3.63, 3.8) is 0 Å². The minimum Gasteiger partial charge on any atom is -0.316 e. The second kappa shape index (κ2) is 7.29. The lowest BCUT2D eigenvalue weighted by molar-refractivity contribution is 0.584. The van der Waals surface area contributed by atoms with Crippen molar-refractivity contribution in [1.29, 1.82) is 0 Å². The van der Waals surface area contributed by atoms with Crippen LogP contribution in [0.1, 0.15) is 32.6 Å². The summed E-state index contributed by atoms with van der Waals surface area (Å²) in [6, 6.07) is 0. The van der Waals surface area contributed by atoms with Gasteiger partial charge in [0.2, 0.25) is 10.0 Å². The molecule has 0 radical (unpaired) electrons. The molecule has 0 atom stereocenters. The van der Waals surface area contributed by atoms with Crippen LogP contribution in [0.5, 0.6) is 0 Å². The molecule has 0 heterocycles. The number of rotatable bonds is 8. The summed E-state index contributed by atoms with van der Waals surface area (Å²) in [4.78, 5) is 0. The third-order valence-corrected chi connectivity index (χ3v) is 2.54. The first-order valence-electron chi connectivity index (χ1n) is 4.77. The van der Waals surface area contributed by atoms with Crippen LogP contribution in [0.15, 0.2) is 0 Å². The van der Waals surface area contributed by atoms with E-state index in [-0.39, 0.29) is 5.75 Å². The van der Waals surface area contributed by atoms with Gasteiger partial charge in [-0.2, -0.15) is 0 Å². The number of hydrogen-bond acceptors (Lipinski definition) is 3. The summed E-state index contributed by atoms with van der Waals surface area (Å²) in [5.41, 5.74) is 0. The molecule has 5 heteroatoms. The molecular weight excluding hydrogens is 188 g/mol. The fraction of sp³-hybridized carbons (Fsp3) is 1.00. The van der Waals surface area contributed by atoms with Gasteiger partial charge >= 0.3 is 0 Å². The van der Waals surface area contributed by atoms with Crippen molar-refractivity contribution in [1.82, 2.24) is 5.32 Å². The second-order valence-electron chi connectivity index (χ2n) is 3.18. The number of nitrogens with two attached hydrogens (primary N) is 1. The molecule has 0 aliphatic rings. The Hall–Kier alpha value is -0.130. The van der Waals surface area contributed by atoms with E-state index >= 15 is 0 Å². The van der Waals surface area contributed by atoms with Gasteiger partial charge < -0.3 is 5.32 Å². The number of hydrogen-bond donors (Lipinski definition) is 2. The average molecular weight is 208 g/mol. The largest absolute Gasteiger partial charge is 0.316 e. The van der Waals surface area contributed by atoms with Crippen LogP contribution in [0.2, 0.25) is 0 Å². The molecular formula is C8H20N2O2S. The van der Waals surface area contributed by atoms with E-state index in [2.05, 4.69) is 12.2 Å². The molecule has 0 rings (SSSR count). The van der Waals surface area contributed by atoms with Crippen LogP contribution in [0.3, 0.4) is 0 Å². The molecule has 4 nitrogen and oxygen atoms in total. The third kappa shape index (κ3) is 11.9. The van der Waals surface area contributed by atoms with E-state index < -0.39 is 10.0 Å². The zero-order valence-corrected chi connectivity index (χ0v) is 9.07. The van der Waals surface area contributed by atoms with E-state index in [0.717, 1.165) is 13.0 Å². The van der Waals surface area contributed by atoms with Crippen molar-refractivity contribution in [2.24, 2.45) is 5.14 Å². The highest BCUT2D eigenvalue weighted by Crippen LogP contribution is 1.96. The summed E-state index contributed by atoms with van der Waals surface area (Å²) in [5, 5.41) is 7.87. The van der Waals surface area contributed by atoms with E-state index in [1.807, 2.05) is 0 Å². The zero-order chi connectivity index (χ0) is 10.2. The second-order valence-corrected chi connectivity index (χ2v) is 4.91. The normalized spacial score (nSPS) is 11.8. The highest BCUT2D eigenvalue weighted by atomic mass is 32.2. The maximum Gasteiger partial charge on any atom is 0.210 e. The summed E-state index contributed by atoms with van der Waals surface area (Å²) in [7, 11) is -3.28. The maximum atomic E-state index is 10.5. The summed E-state index contributed by atoms with van der Waals surface area (Å²) < 4.78 is 21.0. The minimum absolute atomic E-state index is 0.0285. The molecule has 0 amide bonds. The van der Waals surface area contributed by atoms with Gasteiger partial charge in [-0.1, -0.05) is 26.2 Å². The predicted molar refractivity (Wildman–Crippen MR) is 55.0 cm³/mol. The Morgan fingerprint density at radius 3 is 2.38 bits per heavy atom. The van der Waals surface area contributed by atoms with Crippen LogP contribution >= 0.6 is 0 Å². The molecule has 0 unspecified atom stereocenters. The number of sulfonamides is 1. The topological polar surface area (TPSA) is 72.2 Å². The highest BCUT2D eigenvalue weighted by molar-refractivity contribution is 7.89. The van der Waals surface area contributed by atoms with E-state index in [9.17, 15) is 8.42 Å². The third-order valence-electron chi connectivity index (χ3n) is 1.77. The lowest BCUT2D eigenvalue weighted by Crippen LogP contribution is -2.27. The van der Waals surface area contributed by atoms with Gasteiger partial charge in [0.1, 0.15) is 0 Å². The van der Waals surface area contributed by atoms with Crippen LogP contribution < -0.4 is 10.5 Å². The van der Waals surface area contributed by atoms with Gasteiger partial charge in [-0.15, -0.1) is 0 Å². The van der Waals surface area contributed by atoms with Gasteiger partial charge in [0.15, 0.2) is 0 Å². The lowest BCUT2D eigenvalue weighted by atomic mass is 10.2. The van der Waals surface area contributed by atoms with Crippen molar-refractivity contribution in [2.75, 3.05) is 18.8 Å². The molecule has 0 aromatic rings. The zero-order valence-electron chi connectivity index (χ0n) is 8.25. The van der Waals surface area contributed by atoms with Gasteiger partial charge in [0, 0.05) is 6.54 Å². The van der Waals surface area contributed by atoms with Crippen LogP contribution in [-0.2, 0) is 10.0 Å². The monoisotopic (exact) mass is 208 g/mol. The van der Waals surface area contributed by atoms with Gasteiger partial charge in [-0.05, 0) is 13.0 Å². The lowest BCUT2D eigenvalue weighted by Gasteiger charge is -2.02. The molecule has 0 fully saturated rings. The first kappa shape index (κ1) is 12.9. The Morgan fingerprint density at radius 2 is 1.85 bits per heavy atom. The Balaban J connectivity index is 3.09. The predicted octanol–water partition coefficient (Wildman–Crippen LogP) is 0.445. The number of primary sulfonamides is 1. The maximum absolute atomic E-state index is 10.5. The van der Waals surface area contributed by atoms with E-state index in [1.165, 1.54) is 19.3 Å². The SMILES string of the molecule is CCCCCCNCCS(N)(=O)=O. The molecule has 0 spiro atoms. The fourth-order valence-corrected chi connectivity index (χ4v) is 1.45. The molecule has 3 N–H and O–H groups in total. The molecule has 0 bridgehead atoms. The molecule has 0 aromatic carbocycles. The molecule has 0 aliphatic heterocycles. The summed E-state index contributed by atoms with van der Waals surface area (Å²) in [6.45, 7) is 3.51. The molecule has 13 heavy (non-hydrogen) atoms. The first-order chi connectivity index (χ1) is 6.06. The summed E-state index contributed by atoms with van der Waals surface area (Å²) >= 11 is 0. The Bertz CT molecular complexity index is 202. The Labute approximate surface area is 80.9 Å². The van der Waals surface area contributed by atoms with Crippen molar-refractivity contribution < 1.29 is 8.42 Å². The van der Waals surface area contributed by atoms with E-state index in [1.54, 1.807) is 0 Å². The quantitative estimate of drug-likeness (QED) is 0.569. The molecule has 0 aromatic heterocycles. The first-order valence-corrected chi connectivity index (χ1v) is 6.49. The van der Waals surface area contributed by atoms with Gasteiger partial charge in [-0.3, -0.25) is 0 Å². The van der Waals surface area contributed by atoms with Crippen molar-refractivity contribution in [3.8, 4) is 0 Å². The van der Waals surface area contributed by atoms with Crippen molar-refractivity contribution in [2.45, 2.75) is 32.6 Å². The van der Waals surface area contributed by atoms with Gasteiger partial charge in [0.05, 0.1) is 5.75 Å². The van der Waals surface area contributed by atoms with Crippen LogP contribution in [0, 0.1) is 0 Å². The smallest absolute Gasteiger partial charge is 0.210 e. The Kier molecular flexibility index (Phi) is 7.22.